The minimum absolute atomic E-state index is 0.238. The van der Waals surface area contributed by atoms with Crippen molar-refractivity contribution in [2.45, 2.75) is 26.9 Å². The highest BCUT2D eigenvalue weighted by molar-refractivity contribution is 5.53. The van der Waals surface area contributed by atoms with Crippen molar-refractivity contribution in [3.8, 4) is 11.5 Å². The Morgan fingerprint density at radius 3 is 2.32 bits per heavy atom. The first kappa shape index (κ1) is 17.3. The maximum atomic E-state index is 13.4. The van der Waals surface area contributed by atoms with Gasteiger partial charge in [-0.05, 0) is 31.2 Å². The molecule has 0 bridgehead atoms. The van der Waals surface area contributed by atoms with Crippen molar-refractivity contribution in [2.75, 3.05) is 6.54 Å². The van der Waals surface area contributed by atoms with Crippen LogP contribution in [0.4, 0.5) is 8.78 Å². The summed E-state index contributed by atoms with van der Waals surface area (Å²) in [5, 5.41) is 0. The van der Waals surface area contributed by atoms with Crippen molar-refractivity contribution in [3.63, 3.8) is 0 Å². The lowest BCUT2D eigenvalue weighted by molar-refractivity contribution is 0.267. The van der Waals surface area contributed by atoms with Gasteiger partial charge in [0.15, 0.2) is 0 Å². The molecular formula is C20H20F2N2O. The Morgan fingerprint density at radius 1 is 1.00 bits per heavy atom. The Labute approximate surface area is 145 Å². The van der Waals surface area contributed by atoms with Crippen LogP contribution < -0.4 is 0 Å². The Kier molecular flexibility index (Phi) is 5.24. The van der Waals surface area contributed by atoms with E-state index in [0.29, 0.717) is 17.9 Å². The molecule has 3 rings (SSSR count). The van der Waals surface area contributed by atoms with Gasteiger partial charge in [-0.25, -0.2) is 13.8 Å². The smallest absolute Gasteiger partial charge is 0.226 e. The van der Waals surface area contributed by atoms with Crippen LogP contribution in [0, 0.1) is 18.6 Å². The molecule has 0 aliphatic carbocycles. The second-order valence-electron chi connectivity index (χ2n) is 5.97. The highest BCUT2D eigenvalue weighted by atomic mass is 19.1. The fraction of sp³-hybridized carbons (Fsp3) is 0.250. The van der Waals surface area contributed by atoms with E-state index < -0.39 is 11.6 Å². The number of hydrogen-bond acceptors (Lipinski definition) is 3. The molecule has 1 aromatic heterocycles. The Morgan fingerprint density at radius 2 is 1.68 bits per heavy atom. The zero-order chi connectivity index (χ0) is 17.8. The molecule has 3 aromatic rings. The SMILES string of the molecule is CCN(Cc1ccccc1)Cc1nc(-c2cc(F)cc(F)c2)oc1C. The number of oxazole rings is 1. The summed E-state index contributed by atoms with van der Waals surface area (Å²) in [6, 6.07) is 13.5. The van der Waals surface area contributed by atoms with E-state index in [1.807, 2.05) is 25.1 Å². The topological polar surface area (TPSA) is 29.3 Å². The molecule has 0 saturated carbocycles. The third-order valence-corrected chi connectivity index (χ3v) is 4.07. The minimum atomic E-state index is -0.647. The van der Waals surface area contributed by atoms with Crippen molar-refractivity contribution in [2.24, 2.45) is 0 Å². The van der Waals surface area contributed by atoms with Crippen molar-refractivity contribution in [1.29, 1.82) is 0 Å². The van der Waals surface area contributed by atoms with Crippen LogP contribution in [0.25, 0.3) is 11.5 Å². The molecule has 5 heteroatoms. The van der Waals surface area contributed by atoms with Crippen LogP contribution >= 0.6 is 0 Å². The molecule has 0 N–H and O–H groups in total. The number of benzene rings is 2. The predicted octanol–water partition coefficient (Wildman–Crippen LogP) is 4.95. The summed E-state index contributed by atoms with van der Waals surface area (Å²) in [5.74, 6) is -0.397. The molecule has 0 saturated heterocycles. The Bertz CT molecular complexity index is 826. The standard InChI is InChI=1S/C20H20F2N2O/c1-3-24(12-15-7-5-4-6-8-15)13-19-14(2)25-20(23-19)16-9-17(21)11-18(22)10-16/h4-11H,3,12-13H2,1-2H3. The number of aromatic nitrogens is 1. The van der Waals surface area contributed by atoms with E-state index >= 15 is 0 Å². The first-order valence-corrected chi connectivity index (χ1v) is 8.24. The summed E-state index contributed by atoms with van der Waals surface area (Å²) in [6.07, 6.45) is 0. The lowest BCUT2D eigenvalue weighted by Crippen LogP contribution is -2.22. The van der Waals surface area contributed by atoms with Gasteiger partial charge in [0.05, 0.1) is 5.69 Å². The van der Waals surface area contributed by atoms with Crippen LogP contribution in [-0.4, -0.2) is 16.4 Å². The van der Waals surface area contributed by atoms with E-state index in [2.05, 4.69) is 28.9 Å². The Hall–Kier alpha value is -2.53. The quantitative estimate of drug-likeness (QED) is 0.635. The maximum absolute atomic E-state index is 13.4. The average Bonchev–Trinajstić information content (AvgIpc) is 2.95. The summed E-state index contributed by atoms with van der Waals surface area (Å²) in [7, 11) is 0. The molecule has 0 amide bonds. The van der Waals surface area contributed by atoms with E-state index in [9.17, 15) is 8.78 Å². The molecule has 0 unspecified atom stereocenters. The number of hydrogen-bond donors (Lipinski definition) is 0. The molecule has 0 spiro atoms. The number of aryl methyl sites for hydroxylation is 1. The van der Waals surface area contributed by atoms with E-state index in [1.54, 1.807) is 0 Å². The molecule has 2 aromatic carbocycles. The van der Waals surface area contributed by atoms with Gasteiger partial charge in [-0.15, -0.1) is 0 Å². The largest absolute Gasteiger partial charge is 0.441 e. The van der Waals surface area contributed by atoms with Crippen molar-refractivity contribution >= 4 is 0 Å². The fourth-order valence-corrected chi connectivity index (χ4v) is 2.71. The second kappa shape index (κ2) is 7.57. The highest BCUT2D eigenvalue weighted by Gasteiger charge is 2.15. The van der Waals surface area contributed by atoms with Crippen molar-refractivity contribution < 1.29 is 13.2 Å². The molecule has 0 radical (unpaired) electrons. The zero-order valence-corrected chi connectivity index (χ0v) is 14.3. The van der Waals surface area contributed by atoms with Gasteiger partial charge in [0.25, 0.3) is 0 Å². The molecular weight excluding hydrogens is 322 g/mol. The van der Waals surface area contributed by atoms with Crippen molar-refractivity contribution in [3.05, 3.63) is 77.2 Å². The van der Waals surface area contributed by atoms with Gasteiger partial charge in [0.2, 0.25) is 5.89 Å². The first-order valence-electron chi connectivity index (χ1n) is 8.24. The van der Waals surface area contributed by atoms with Crippen LogP contribution in [0.5, 0.6) is 0 Å². The van der Waals surface area contributed by atoms with Gasteiger partial charge in [-0.1, -0.05) is 37.3 Å². The van der Waals surface area contributed by atoms with Gasteiger partial charge < -0.3 is 4.42 Å². The van der Waals surface area contributed by atoms with Crippen LogP contribution in [0.15, 0.2) is 52.9 Å². The molecule has 1 heterocycles. The van der Waals surface area contributed by atoms with Crippen LogP contribution in [0.2, 0.25) is 0 Å². The van der Waals surface area contributed by atoms with Gasteiger partial charge >= 0.3 is 0 Å². The summed E-state index contributed by atoms with van der Waals surface area (Å²) < 4.78 is 32.5. The molecule has 130 valence electrons. The average molecular weight is 342 g/mol. The van der Waals surface area contributed by atoms with Crippen LogP contribution in [-0.2, 0) is 13.1 Å². The van der Waals surface area contributed by atoms with Crippen molar-refractivity contribution in [1.82, 2.24) is 9.88 Å². The number of rotatable bonds is 6. The maximum Gasteiger partial charge on any atom is 0.226 e. The predicted molar refractivity (Wildman–Crippen MR) is 92.8 cm³/mol. The number of nitrogens with zero attached hydrogens (tertiary/aromatic N) is 2. The summed E-state index contributed by atoms with van der Waals surface area (Å²) in [4.78, 5) is 6.68. The third kappa shape index (κ3) is 4.31. The van der Waals surface area contributed by atoms with Gasteiger partial charge in [0, 0.05) is 24.7 Å². The minimum Gasteiger partial charge on any atom is -0.441 e. The van der Waals surface area contributed by atoms with E-state index in [0.717, 1.165) is 24.8 Å². The van der Waals surface area contributed by atoms with Crippen LogP contribution in [0.1, 0.15) is 23.9 Å². The lowest BCUT2D eigenvalue weighted by Gasteiger charge is -2.19. The normalized spacial score (nSPS) is 11.2. The zero-order valence-electron chi connectivity index (χ0n) is 14.3. The highest BCUT2D eigenvalue weighted by Crippen LogP contribution is 2.24. The summed E-state index contributed by atoms with van der Waals surface area (Å²) in [6.45, 7) is 6.16. The summed E-state index contributed by atoms with van der Waals surface area (Å²) in [5.41, 5.74) is 2.30. The van der Waals surface area contributed by atoms with Gasteiger partial charge in [-0.3, -0.25) is 4.90 Å². The first-order chi connectivity index (χ1) is 12.0. The lowest BCUT2D eigenvalue weighted by atomic mass is 10.2. The molecule has 0 fully saturated rings. The third-order valence-electron chi connectivity index (χ3n) is 4.07. The van der Waals surface area contributed by atoms with Gasteiger partial charge in [-0.2, -0.15) is 0 Å². The molecule has 0 atom stereocenters. The van der Waals surface area contributed by atoms with E-state index in [-0.39, 0.29) is 5.89 Å². The molecule has 3 nitrogen and oxygen atoms in total. The Balaban J connectivity index is 1.79. The molecule has 25 heavy (non-hydrogen) atoms. The molecule has 0 aliphatic heterocycles. The monoisotopic (exact) mass is 342 g/mol. The molecule has 0 aliphatic rings. The fourth-order valence-electron chi connectivity index (χ4n) is 2.71. The summed E-state index contributed by atoms with van der Waals surface area (Å²) >= 11 is 0. The number of halogens is 2. The van der Waals surface area contributed by atoms with Crippen LogP contribution in [0.3, 0.4) is 0 Å². The second-order valence-corrected chi connectivity index (χ2v) is 5.97. The van der Waals surface area contributed by atoms with E-state index in [4.69, 9.17) is 4.42 Å². The van der Waals surface area contributed by atoms with E-state index in [1.165, 1.54) is 17.7 Å². The van der Waals surface area contributed by atoms with Gasteiger partial charge in [0.1, 0.15) is 17.4 Å².